The van der Waals surface area contributed by atoms with Gasteiger partial charge in [-0.3, -0.25) is 0 Å². The Morgan fingerprint density at radius 2 is 2.05 bits per heavy atom. The Labute approximate surface area is 120 Å². The first-order valence-electron chi connectivity index (χ1n) is 5.60. The molecule has 2 nitrogen and oxygen atoms in total. The molecule has 0 unspecified atom stereocenters. The zero-order valence-corrected chi connectivity index (χ0v) is 11.9. The summed E-state index contributed by atoms with van der Waals surface area (Å²) in [5.41, 5.74) is 7.31. The van der Waals surface area contributed by atoms with Crippen LogP contribution in [-0.4, -0.2) is 7.11 Å². The molecule has 0 spiro atoms. The molecule has 2 aromatic carbocycles. The summed E-state index contributed by atoms with van der Waals surface area (Å²) in [6.45, 7) is 0. The topological polar surface area (TPSA) is 35.2 Å². The molecule has 0 fully saturated rings. The molecule has 0 saturated heterocycles. The van der Waals surface area contributed by atoms with Crippen LogP contribution in [0.25, 0.3) is 0 Å². The standard InChI is InChI=1S/C14H13ClFNOS/c1-18-13-5-3-11(16)6-9(13)8-19-14-7-10(15)2-4-12(14)17/h2-7H,8,17H2,1H3. The second-order valence-electron chi connectivity index (χ2n) is 3.93. The van der Waals surface area contributed by atoms with Crippen LogP contribution in [0.3, 0.4) is 0 Å². The highest BCUT2D eigenvalue weighted by atomic mass is 35.5. The minimum Gasteiger partial charge on any atom is -0.496 e. The van der Waals surface area contributed by atoms with E-state index in [0.717, 1.165) is 10.5 Å². The van der Waals surface area contributed by atoms with Gasteiger partial charge in [-0.15, -0.1) is 11.8 Å². The van der Waals surface area contributed by atoms with Crippen LogP contribution >= 0.6 is 23.4 Å². The van der Waals surface area contributed by atoms with Crippen LogP contribution < -0.4 is 10.5 Å². The number of anilines is 1. The van der Waals surface area contributed by atoms with E-state index < -0.39 is 0 Å². The molecule has 0 aliphatic carbocycles. The lowest BCUT2D eigenvalue weighted by atomic mass is 10.2. The minimum atomic E-state index is -0.282. The Morgan fingerprint density at radius 1 is 1.26 bits per heavy atom. The van der Waals surface area contributed by atoms with E-state index >= 15 is 0 Å². The van der Waals surface area contributed by atoms with E-state index in [1.807, 2.05) is 0 Å². The number of ether oxygens (including phenoxy) is 1. The summed E-state index contributed by atoms with van der Waals surface area (Å²) in [6.07, 6.45) is 0. The van der Waals surface area contributed by atoms with Crippen molar-refractivity contribution in [3.8, 4) is 5.75 Å². The lowest BCUT2D eigenvalue weighted by Crippen LogP contribution is -1.93. The van der Waals surface area contributed by atoms with Crippen molar-refractivity contribution >= 4 is 29.1 Å². The second-order valence-corrected chi connectivity index (χ2v) is 5.38. The number of nitrogens with two attached hydrogens (primary N) is 1. The van der Waals surface area contributed by atoms with E-state index in [-0.39, 0.29) is 5.82 Å². The third kappa shape index (κ3) is 3.55. The normalized spacial score (nSPS) is 10.5. The SMILES string of the molecule is COc1ccc(F)cc1CSc1cc(Cl)ccc1N. The van der Waals surface area contributed by atoms with Crippen LogP contribution in [-0.2, 0) is 5.75 Å². The van der Waals surface area contributed by atoms with Gasteiger partial charge in [0, 0.05) is 26.9 Å². The van der Waals surface area contributed by atoms with Crippen molar-refractivity contribution in [3.05, 3.63) is 52.8 Å². The van der Waals surface area contributed by atoms with Gasteiger partial charge in [0.15, 0.2) is 0 Å². The van der Waals surface area contributed by atoms with Crippen LogP contribution in [0.4, 0.5) is 10.1 Å². The number of hydrogen-bond acceptors (Lipinski definition) is 3. The van der Waals surface area contributed by atoms with Crippen molar-refractivity contribution in [2.24, 2.45) is 0 Å². The smallest absolute Gasteiger partial charge is 0.123 e. The Kier molecular flexibility index (Phi) is 4.56. The van der Waals surface area contributed by atoms with Crippen LogP contribution in [0.2, 0.25) is 5.02 Å². The monoisotopic (exact) mass is 297 g/mol. The summed E-state index contributed by atoms with van der Waals surface area (Å²) in [5, 5.41) is 0.628. The summed E-state index contributed by atoms with van der Waals surface area (Å²) in [5.74, 6) is 0.941. The lowest BCUT2D eigenvalue weighted by Gasteiger charge is -2.09. The molecule has 0 aromatic heterocycles. The van der Waals surface area contributed by atoms with Gasteiger partial charge in [-0.1, -0.05) is 11.6 Å². The first-order valence-corrected chi connectivity index (χ1v) is 6.96. The average Bonchev–Trinajstić information content (AvgIpc) is 2.40. The fraction of sp³-hybridized carbons (Fsp3) is 0.143. The summed E-state index contributed by atoms with van der Waals surface area (Å²) in [7, 11) is 1.56. The highest BCUT2D eigenvalue weighted by molar-refractivity contribution is 7.98. The predicted octanol–water partition coefficient (Wildman–Crippen LogP) is 4.36. The minimum absolute atomic E-state index is 0.282. The molecule has 0 heterocycles. The Hall–Kier alpha value is -1.39. The van der Waals surface area contributed by atoms with Crippen LogP contribution in [0.1, 0.15) is 5.56 Å². The number of benzene rings is 2. The van der Waals surface area contributed by atoms with Crippen molar-refractivity contribution < 1.29 is 9.13 Å². The molecule has 0 aliphatic heterocycles. The molecule has 2 N–H and O–H groups in total. The van der Waals surface area contributed by atoms with E-state index in [2.05, 4.69) is 0 Å². The third-order valence-corrected chi connectivity index (χ3v) is 3.96. The largest absolute Gasteiger partial charge is 0.496 e. The lowest BCUT2D eigenvalue weighted by molar-refractivity contribution is 0.410. The molecular formula is C14H13ClFNOS. The molecule has 0 amide bonds. The van der Waals surface area contributed by atoms with Gasteiger partial charge in [0.2, 0.25) is 0 Å². The van der Waals surface area contributed by atoms with Gasteiger partial charge in [0.05, 0.1) is 7.11 Å². The van der Waals surface area contributed by atoms with Gasteiger partial charge < -0.3 is 10.5 Å². The van der Waals surface area contributed by atoms with Gasteiger partial charge in [0.25, 0.3) is 0 Å². The van der Waals surface area contributed by atoms with Gasteiger partial charge in [-0.05, 0) is 36.4 Å². The maximum atomic E-state index is 13.2. The van der Waals surface area contributed by atoms with Crippen molar-refractivity contribution in [1.29, 1.82) is 0 Å². The molecule has 0 atom stereocenters. The quantitative estimate of drug-likeness (QED) is 0.672. The molecule has 0 bridgehead atoms. The summed E-state index contributed by atoms with van der Waals surface area (Å²) in [6, 6.07) is 9.75. The number of methoxy groups -OCH3 is 1. The average molecular weight is 298 g/mol. The molecule has 5 heteroatoms. The van der Waals surface area contributed by atoms with E-state index in [1.54, 1.807) is 31.4 Å². The first kappa shape index (κ1) is 14.0. The predicted molar refractivity (Wildman–Crippen MR) is 78.4 cm³/mol. The van der Waals surface area contributed by atoms with E-state index in [9.17, 15) is 4.39 Å². The van der Waals surface area contributed by atoms with Gasteiger partial charge in [-0.25, -0.2) is 4.39 Å². The number of halogens is 2. The van der Waals surface area contributed by atoms with Crippen molar-refractivity contribution in [3.63, 3.8) is 0 Å². The number of rotatable bonds is 4. The Morgan fingerprint density at radius 3 is 2.79 bits per heavy atom. The summed E-state index contributed by atoms with van der Waals surface area (Å²) < 4.78 is 18.4. The maximum Gasteiger partial charge on any atom is 0.123 e. The molecule has 0 aliphatic rings. The zero-order valence-electron chi connectivity index (χ0n) is 10.3. The number of thioether (sulfide) groups is 1. The first-order chi connectivity index (χ1) is 9.10. The molecule has 100 valence electrons. The van der Waals surface area contributed by atoms with Crippen molar-refractivity contribution in [1.82, 2.24) is 0 Å². The van der Waals surface area contributed by atoms with Crippen LogP contribution in [0, 0.1) is 5.82 Å². The van der Waals surface area contributed by atoms with Crippen molar-refractivity contribution in [2.75, 3.05) is 12.8 Å². The highest BCUT2D eigenvalue weighted by Crippen LogP contribution is 2.33. The molecular weight excluding hydrogens is 285 g/mol. The molecule has 2 rings (SSSR count). The van der Waals surface area contributed by atoms with Crippen LogP contribution in [0.5, 0.6) is 5.75 Å². The number of nitrogen functional groups attached to an aromatic ring is 1. The molecule has 0 saturated carbocycles. The number of hydrogen-bond donors (Lipinski definition) is 1. The van der Waals surface area contributed by atoms with E-state index in [0.29, 0.717) is 22.2 Å². The van der Waals surface area contributed by atoms with E-state index in [1.165, 1.54) is 23.9 Å². The van der Waals surface area contributed by atoms with Crippen LogP contribution in [0.15, 0.2) is 41.3 Å². The van der Waals surface area contributed by atoms with Gasteiger partial charge >= 0.3 is 0 Å². The zero-order chi connectivity index (χ0) is 13.8. The summed E-state index contributed by atoms with van der Waals surface area (Å²) >= 11 is 7.43. The van der Waals surface area contributed by atoms with Gasteiger partial charge in [-0.2, -0.15) is 0 Å². The Balaban J connectivity index is 2.18. The third-order valence-electron chi connectivity index (χ3n) is 2.60. The fourth-order valence-corrected chi connectivity index (χ4v) is 2.87. The Bertz CT molecular complexity index is 592. The molecule has 19 heavy (non-hydrogen) atoms. The summed E-state index contributed by atoms with van der Waals surface area (Å²) in [4.78, 5) is 0.874. The van der Waals surface area contributed by atoms with Crippen molar-refractivity contribution in [2.45, 2.75) is 10.6 Å². The molecule has 2 aromatic rings. The van der Waals surface area contributed by atoms with Gasteiger partial charge in [0.1, 0.15) is 11.6 Å². The molecule has 0 radical (unpaired) electrons. The fourth-order valence-electron chi connectivity index (χ4n) is 1.65. The maximum absolute atomic E-state index is 13.2. The van der Waals surface area contributed by atoms with E-state index in [4.69, 9.17) is 22.1 Å². The second kappa shape index (κ2) is 6.17. The highest BCUT2D eigenvalue weighted by Gasteiger charge is 2.07.